The zero-order valence-electron chi connectivity index (χ0n) is 11.1. The SMILES string of the molecule is CCCNC(C)c1cnc(-c2ccnc(C)n2)[nH]1. The van der Waals surface area contributed by atoms with Gasteiger partial charge < -0.3 is 10.3 Å². The summed E-state index contributed by atoms with van der Waals surface area (Å²) in [4.78, 5) is 16.1. The molecule has 18 heavy (non-hydrogen) atoms. The maximum atomic E-state index is 4.37. The zero-order chi connectivity index (χ0) is 13.0. The van der Waals surface area contributed by atoms with Crippen LogP contribution in [0.3, 0.4) is 0 Å². The van der Waals surface area contributed by atoms with E-state index in [2.05, 4.69) is 39.1 Å². The van der Waals surface area contributed by atoms with E-state index in [1.807, 2.05) is 19.2 Å². The van der Waals surface area contributed by atoms with Crippen molar-refractivity contribution in [3.63, 3.8) is 0 Å². The van der Waals surface area contributed by atoms with Gasteiger partial charge in [-0.05, 0) is 32.9 Å². The monoisotopic (exact) mass is 245 g/mol. The van der Waals surface area contributed by atoms with Crippen molar-refractivity contribution < 1.29 is 0 Å². The third kappa shape index (κ3) is 2.92. The number of imidazole rings is 1. The third-order valence-corrected chi connectivity index (χ3v) is 2.78. The lowest BCUT2D eigenvalue weighted by molar-refractivity contribution is 0.561. The molecule has 0 radical (unpaired) electrons. The first-order chi connectivity index (χ1) is 8.70. The number of H-pyrrole nitrogens is 1. The lowest BCUT2D eigenvalue weighted by Crippen LogP contribution is -2.19. The average Bonchev–Trinajstić information content (AvgIpc) is 2.85. The van der Waals surface area contributed by atoms with Crippen LogP contribution in [-0.2, 0) is 0 Å². The third-order valence-electron chi connectivity index (χ3n) is 2.78. The highest BCUT2D eigenvalue weighted by atomic mass is 15.0. The molecule has 2 rings (SSSR count). The van der Waals surface area contributed by atoms with Crippen molar-refractivity contribution >= 4 is 0 Å². The summed E-state index contributed by atoms with van der Waals surface area (Å²) in [6.07, 6.45) is 4.73. The molecule has 1 atom stereocenters. The largest absolute Gasteiger partial charge is 0.339 e. The topological polar surface area (TPSA) is 66.5 Å². The summed E-state index contributed by atoms with van der Waals surface area (Å²) in [6, 6.07) is 2.13. The molecule has 2 aromatic rings. The molecule has 0 aliphatic carbocycles. The minimum Gasteiger partial charge on any atom is -0.339 e. The molecule has 0 saturated carbocycles. The van der Waals surface area contributed by atoms with Crippen LogP contribution in [0.2, 0.25) is 0 Å². The smallest absolute Gasteiger partial charge is 0.156 e. The number of nitrogens with zero attached hydrogens (tertiary/aromatic N) is 3. The lowest BCUT2D eigenvalue weighted by atomic mass is 10.2. The second-order valence-electron chi connectivity index (χ2n) is 4.35. The predicted octanol–water partition coefficient (Wildman–Crippen LogP) is 2.24. The molecule has 0 aliphatic heterocycles. The molecule has 0 bridgehead atoms. The zero-order valence-corrected chi connectivity index (χ0v) is 11.1. The van der Waals surface area contributed by atoms with E-state index >= 15 is 0 Å². The van der Waals surface area contributed by atoms with Gasteiger partial charge in [0.15, 0.2) is 5.82 Å². The van der Waals surface area contributed by atoms with Crippen LogP contribution in [0.4, 0.5) is 0 Å². The van der Waals surface area contributed by atoms with Gasteiger partial charge in [-0.3, -0.25) is 0 Å². The summed E-state index contributed by atoms with van der Waals surface area (Å²) in [5.74, 6) is 1.54. The van der Waals surface area contributed by atoms with Crippen molar-refractivity contribution in [2.24, 2.45) is 0 Å². The molecule has 0 spiro atoms. The van der Waals surface area contributed by atoms with Gasteiger partial charge in [0.1, 0.15) is 11.5 Å². The molecule has 2 heterocycles. The first-order valence-electron chi connectivity index (χ1n) is 6.29. The fourth-order valence-corrected chi connectivity index (χ4v) is 1.74. The summed E-state index contributed by atoms with van der Waals surface area (Å²) in [5, 5.41) is 3.42. The molecule has 0 aromatic carbocycles. The van der Waals surface area contributed by atoms with Crippen molar-refractivity contribution in [1.29, 1.82) is 0 Å². The molecule has 2 N–H and O–H groups in total. The molecule has 96 valence electrons. The summed E-state index contributed by atoms with van der Waals surface area (Å²) < 4.78 is 0. The van der Waals surface area contributed by atoms with E-state index in [-0.39, 0.29) is 6.04 Å². The standard InChI is InChI=1S/C13H19N5/c1-4-6-14-9(2)12-8-16-13(18-12)11-5-7-15-10(3)17-11/h5,7-9,14H,4,6H2,1-3H3,(H,16,18). The van der Waals surface area contributed by atoms with Crippen LogP contribution >= 0.6 is 0 Å². The number of aryl methyl sites for hydroxylation is 1. The van der Waals surface area contributed by atoms with Crippen LogP contribution < -0.4 is 5.32 Å². The van der Waals surface area contributed by atoms with E-state index in [4.69, 9.17) is 0 Å². The maximum Gasteiger partial charge on any atom is 0.156 e. The first kappa shape index (κ1) is 12.7. The molecule has 1 unspecified atom stereocenters. The van der Waals surface area contributed by atoms with Crippen LogP contribution in [0.1, 0.15) is 37.8 Å². The van der Waals surface area contributed by atoms with Crippen molar-refractivity contribution in [2.45, 2.75) is 33.2 Å². The fraction of sp³-hybridized carbons (Fsp3) is 0.462. The highest BCUT2D eigenvalue weighted by molar-refractivity contribution is 5.48. The van der Waals surface area contributed by atoms with Crippen LogP contribution in [-0.4, -0.2) is 26.5 Å². The number of nitrogens with one attached hydrogen (secondary N) is 2. The minimum atomic E-state index is 0.272. The first-order valence-corrected chi connectivity index (χ1v) is 6.29. The number of aromatic amines is 1. The second kappa shape index (κ2) is 5.73. The normalized spacial score (nSPS) is 12.6. The highest BCUT2D eigenvalue weighted by Crippen LogP contribution is 2.16. The van der Waals surface area contributed by atoms with Crippen molar-refractivity contribution in [3.8, 4) is 11.5 Å². The summed E-state index contributed by atoms with van der Waals surface area (Å²) >= 11 is 0. The summed E-state index contributed by atoms with van der Waals surface area (Å²) in [5.41, 5.74) is 1.91. The van der Waals surface area contributed by atoms with Crippen LogP contribution in [0.5, 0.6) is 0 Å². The van der Waals surface area contributed by atoms with E-state index in [9.17, 15) is 0 Å². The maximum absolute atomic E-state index is 4.37. The van der Waals surface area contributed by atoms with Gasteiger partial charge >= 0.3 is 0 Å². The Labute approximate surface area is 107 Å². The molecule has 0 aliphatic rings. The van der Waals surface area contributed by atoms with Gasteiger partial charge in [-0.25, -0.2) is 15.0 Å². The van der Waals surface area contributed by atoms with E-state index in [0.29, 0.717) is 0 Å². The molecule has 2 aromatic heterocycles. The van der Waals surface area contributed by atoms with E-state index in [1.165, 1.54) is 0 Å². The van der Waals surface area contributed by atoms with Gasteiger partial charge in [0.05, 0.1) is 11.9 Å². The number of hydrogen-bond acceptors (Lipinski definition) is 4. The van der Waals surface area contributed by atoms with Crippen LogP contribution in [0.15, 0.2) is 18.5 Å². The average molecular weight is 245 g/mol. The van der Waals surface area contributed by atoms with Crippen molar-refractivity contribution in [2.75, 3.05) is 6.54 Å². The highest BCUT2D eigenvalue weighted by Gasteiger charge is 2.10. The lowest BCUT2D eigenvalue weighted by Gasteiger charge is -2.10. The summed E-state index contributed by atoms with van der Waals surface area (Å²) in [7, 11) is 0. The van der Waals surface area contributed by atoms with Gasteiger partial charge in [-0.1, -0.05) is 6.92 Å². The van der Waals surface area contributed by atoms with Gasteiger partial charge in [-0.15, -0.1) is 0 Å². The Morgan fingerprint density at radius 3 is 2.94 bits per heavy atom. The van der Waals surface area contributed by atoms with Crippen LogP contribution in [0, 0.1) is 6.92 Å². The predicted molar refractivity (Wildman–Crippen MR) is 71.1 cm³/mol. The molecule has 5 nitrogen and oxygen atoms in total. The number of hydrogen-bond donors (Lipinski definition) is 2. The van der Waals surface area contributed by atoms with Crippen LogP contribution in [0.25, 0.3) is 11.5 Å². The Hall–Kier alpha value is -1.75. The molecule has 5 heteroatoms. The van der Waals surface area contributed by atoms with E-state index in [1.54, 1.807) is 6.20 Å². The summed E-state index contributed by atoms with van der Waals surface area (Å²) in [6.45, 7) is 7.15. The van der Waals surface area contributed by atoms with Gasteiger partial charge in [-0.2, -0.15) is 0 Å². The second-order valence-corrected chi connectivity index (χ2v) is 4.35. The Morgan fingerprint density at radius 1 is 1.39 bits per heavy atom. The molecule has 0 fully saturated rings. The number of rotatable bonds is 5. The molecular formula is C13H19N5. The number of aromatic nitrogens is 4. The van der Waals surface area contributed by atoms with Crippen molar-refractivity contribution in [3.05, 3.63) is 30.0 Å². The van der Waals surface area contributed by atoms with E-state index in [0.717, 1.165) is 36.0 Å². The minimum absolute atomic E-state index is 0.272. The van der Waals surface area contributed by atoms with Gasteiger partial charge in [0.25, 0.3) is 0 Å². The Kier molecular flexibility index (Phi) is 4.04. The quantitative estimate of drug-likeness (QED) is 0.847. The van der Waals surface area contributed by atoms with E-state index < -0.39 is 0 Å². The Morgan fingerprint density at radius 2 is 2.22 bits per heavy atom. The van der Waals surface area contributed by atoms with Gasteiger partial charge in [0.2, 0.25) is 0 Å². The molecular weight excluding hydrogens is 226 g/mol. The van der Waals surface area contributed by atoms with Gasteiger partial charge in [0, 0.05) is 12.2 Å². The Bertz CT molecular complexity index is 506. The Balaban J connectivity index is 2.15. The molecule has 0 saturated heterocycles. The molecule has 0 amide bonds. The fourth-order valence-electron chi connectivity index (χ4n) is 1.74. The van der Waals surface area contributed by atoms with Crippen molar-refractivity contribution in [1.82, 2.24) is 25.3 Å².